The molecule has 31 heavy (non-hydrogen) atoms. The van der Waals surface area contributed by atoms with E-state index in [4.69, 9.17) is 11.6 Å². The Labute approximate surface area is 185 Å². The van der Waals surface area contributed by atoms with Crippen molar-refractivity contribution in [1.29, 1.82) is 5.26 Å². The van der Waals surface area contributed by atoms with E-state index < -0.39 is 12.2 Å². The topological polar surface area (TPSA) is 53.6 Å². The normalized spacial score (nSPS) is 12.7. The van der Waals surface area contributed by atoms with Crippen molar-refractivity contribution >= 4 is 33.8 Å². The largest absolute Gasteiger partial charge is 0.407 e. The van der Waals surface area contributed by atoms with E-state index in [0.717, 1.165) is 5.56 Å². The molecule has 2 aromatic heterocycles. The van der Waals surface area contributed by atoms with Gasteiger partial charge in [-0.25, -0.2) is 4.98 Å². The Morgan fingerprint density at radius 2 is 1.97 bits per heavy atom. The molecule has 2 aromatic carbocycles. The third kappa shape index (κ3) is 4.74. The fourth-order valence-electron chi connectivity index (χ4n) is 3.47. The number of rotatable bonds is 6. The van der Waals surface area contributed by atoms with Gasteiger partial charge in [-0.05, 0) is 29.8 Å². The predicted molar refractivity (Wildman–Crippen MR) is 115 cm³/mol. The van der Waals surface area contributed by atoms with Gasteiger partial charge in [0.2, 0.25) is 0 Å². The lowest BCUT2D eigenvalue weighted by molar-refractivity contribution is -0.157. The zero-order valence-corrected chi connectivity index (χ0v) is 17.6. The van der Waals surface area contributed by atoms with Crippen LogP contribution >= 0.6 is 22.9 Å². The number of nitrogens with one attached hydrogen (secondary N) is 1. The predicted octanol–water partition coefficient (Wildman–Crippen LogP) is 6.06. The van der Waals surface area contributed by atoms with E-state index in [0.29, 0.717) is 33.0 Å². The highest BCUT2D eigenvalue weighted by atomic mass is 35.5. The maximum atomic E-state index is 14.0. The summed E-state index contributed by atoms with van der Waals surface area (Å²) in [5, 5.41) is 15.2. The maximum Gasteiger partial charge on any atom is 0.407 e. The smallest absolute Gasteiger partial charge is 0.343 e. The van der Waals surface area contributed by atoms with Crippen molar-refractivity contribution < 1.29 is 13.2 Å². The zero-order chi connectivity index (χ0) is 22.0. The molecular formula is C22H16ClF3N4S. The molecule has 2 heterocycles. The van der Waals surface area contributed by atoms with E-state index in [1.807, 2.05) is 12.1 Å². The van der Waals surface area contributed by atoms with Crippen LogP contribution in [0.3, 0.4) is 0 Å². The number of fused-ring (bicyclic) bond motifs is 1. The molecule has 4 rings (SSSR count). The second-order valence-corrected chi connectivity index (χ2v) is 8.38. The first-order valence-corrected chi connectivity index (χ1v) is 10.6. The van der Waals surface area contributed by atoms with Crippen molar-refractivity contribution in [2.24, 2.45) is 0 Å². The number of nitriles is 1. The highest BCUT2D eigenvalue weighted by molar-refractivity contribution is 7.09. The van der Waals surface area contributed by atoms with Crippen LogP contribution in [0.5, 0.6) is 0 Å². The molecule has 158 valence electrons. The van der Waals surface area contributed by atoms with Gasteiger partial charge in [-0.2, -0.15) is 18.4 Å². The van der Waals surface area contributed by atoms with Crippen molar-refractivity contribution in [2.45, 2.75) is 25.3 Å². The Morgan fingerprint density at radius 3 is 2.61 bits per heavy atom. The molecule has 1 N–H and O–H groups in total. The van der Waals surface area contributed by atoms with Crippen LogP contribution in [0.2, 0.25) is 5.02 Å². The van der Waals surface area contributed by atoms with E-state index in [2.05, 4.69) is 16.4 Å². The molecule has 4 nitrogen and oxygen atoms in total. The van der Waals surface area contributed by atoms with E-state index in [9.17, 15) is 18.4 Å². The summed E-state index contributed by atoms with van der Waals surface area (Å²) in [6.07, 6.45) is -1.44. The molecule has 1 unspecified atom stereocenters. The second kappa shape index (κ2) is 8.71. The summed E-state index contributed by atoms with van der Waals surface area (Å²) < 4.78 is 43.8. The zero-order valence-electron chi connectivity index (χ0n) is 16.0. The number of hydrogen-bond acceptors (Lipinski definition) is 4. The molecule has 0 aliphatic heterocycles. The summed E-state index contributed by atoms with van der Waals surface area (Å²) in [5.41, 5.74) is 1.94. The average molecular weight is 461 g/mol. The van der Waals surface area contributed by atoms with Crippen molar-refractivity contribution in [3.8, 4) is 6.07 Å². The van der Waals surface area contributed by atoms with Gasteiger partial charge in [-0.3, -0.25) is 5.32 Å². The fraction of sp³-hybridized carbons (Fsp3) is 0.182. The van der Waals surface area contributed by atoms with Crippen molar-refractivity contribution in [3.05, 3.63) is 87.0 Å². The second-order valence-electron chi connectivity index (χ2n) is 6.96. The molecule has 0 saturated heterocycles. The van der Waals surface area contributed by atoms with E-state index in [-0.39, 0.29) is 12.1 Å². The minimum atomic E-state index is -4.51. The molecule has 0 amide bonds. The summed E-state index contributed by atoms with van der Waals surface area (Å²) >= 11 is 7.24. The van der Waals surface area contributed by atoms with E-state index in [1.165, 1.54) is 23.6 Å². The van der Waals surface area contributed by atoms with Crippen molar-refractivity contribution in [3.63, 3.8) is 0 Å². The first-order chi connectivity index (χ1) is 14.8. The standard InChI is InChI=1S/C22H16ClF3N4S/c23-16-4-1-14(2-5-16)12-30-13-18(17-6-3-15(10-27)9-19(17)30)21(22(24,25)26)29-11-20-28-7-8-31-20/h1-9,13,21,29H,11-12H2. The van der Waals surface area contributed by atoms with Crippen LogP contribution < -0.4 is 5.32 Å². The van der Waals surface area contributed by atoms with Gasteiger partial charge in [0.1, 0.15) is 11.0 Å². The van der Waals surface area contributed by atoms with Crippen LogP contribution in [-0.4, -0.2) is 15.7 Å². The van der Waals surface area contributed by atoms with Crippen LogP contribution in [0.4, 0.5) is 13.2 Å². The lowest BCUT2D eigenvalue weighted by Crippen LogP contribution is -2.33. The Hall–Kier alpha value is -2.86. The summed E-state index contributed by atoms with van der Waals surface area (Å²) in [5.74, 6) is 0. The Balaban J connectivity index is 1.77. The van der Waals surface area contributed by atoms with Gasteiger partial charge in [0, 0.05) is 52.4 Å². The number of hydrogen-bond donors (Lipinski definition) is 1. The third-order valence-electron chi connectivity index (χ3n) is 4.89. The Morgan fingerprint density at radius 1 is 1.19 bits per heavy atom. The molecule has 9 heteroatoms. The van der Waals surface area contributed by atoms with Crippen LogP contribution in [0.1, 0.15) is 27.7 Å². The lowest BCUT2D eigenvalue weighted by atomic mass is 10.0. The van der Waals surface area contributed by atoms with Gasteiger partial charge in [-0.15, -0.1) is 11.3 Å². The number of alkyl halides is 3. The van der Waals surface area contributed by atoms with Gasteiger partial charge in [0.05, 0.1) is 11.6 Å². The molecule has 0 fully saturated rings. The monoisotopic (exact) mass is 460 g/mol. The summed E-state index contributed by atoms with van der Waals surface area (Å²) in [4.78, 5) is 4.05. The molecule has 0 radical (unpaired) electrons. The number of nitrogens with zero attached hydrogens (tertiary/aromatic N) is 3. The minimum Gasteiger partial charge on any atom is -0.343 e. The molecule has 4 aromatic rings. The number of benzene rings is 2. The summed E-state index contributed by atoms with van der Waals surface area (Å²) in [6.45, 7) is 0.349. The molecule has 0 aliphatic rings. The van der Waals surface area contributed by atoms with Gasteiger partial charge in [0.15, 0.2) is 0 Å². The maximum absolute atomic E-state index is 14.0. The first kappa shape index (κ1) is 21.4. The molecule has 0 aliphatic carbocycles. The van der Waals surface area contributed by atoms with Gasteiger partial charge in [-0.1, -0.05) is 29.8 Å². The third-order valence-corrected chi connectivity index (χ3v) is 5.92. The van der Waals surface area contributed by atoms with Crippen molar-refractivity contribution in [1.82, 2.24) is 14.9 Å². The van der Waals surface area contributed by atoms with Crippen LogP contribution in [0.15, 0.2) is 60.2 Å². The van der Waals surface area contributed by atoms with Crippen LogP contribution in [0.25, 0.3) is 10.9 Å². The molecular weight excluding hydrogens is 445 g/mol. The highest BCUT2D eigenvalue weighted by Crippen LogP contribution is 2.38. The summed E-state index contributed by atoms with van der Waals surface area (Å²) in [6, 6.07) is 12.0. The quantitative estimate of drug-likeness (QED) is 0.380. The molecule has 0 spiro atoms. The van der Waals surface area contributed by atoms with Crippen LogP contribution in [-0.2, 0) is 13.1 Å². The number of aromatic nitrogens is 2. The fourth-order valence-corrected chi connectivity index (χ4v) is 4.16. The van der Waals surface area contributed by atoms with Crippen molar-refractivity contribution in [2.75, 3.05) is 0 Å². The number of thiazole rings is 1. The lowest BCUT2D eigenvalue weighted by Gasteiger charge is -2.21. The van der Waals surface area contributed by atoms with Gasteiger partial charge in [0.25, 0.3) is 0 Å². The van der Waals surface area contributed by atoms with Crippen LogP contribution in [0, 0.1) is 11.3 Å². The molecule has 0 saturated carbocycles. The van der Waals surface area contributed by atoms with Gasteiger partial charge < -0.3 is 4.57 Å². The minimum absolute atomic E-state index is 0.00196. The summed E-state index contributed by atoms with van der Waals surface area (Å²) in [7, 11) is 0. The SMILES string of the molecule is N#Cc1ccc2c(C(NCc3nccs3)C(F)(F)F)cn(Cc3ccc(Cl)cc3)c2c1. The average Bonchev–Trinajstić information content (AvgIpc) is 3.37. The Kier molecular flexibility index (Phi) is 6.01. The van der Waals surface area contributed by atoms with E-state index >= 15 is 0 Å². The first-order valence-electron chi connectivity index (χ1n) is 9.31. The molecule has 0 bridgehead atoms. The molecule has 1 atom stereocenters. The van der Waals surface area contributed by atoms with E-state index in [1.54, 1.807) is 40.4 Å². The van der Waals surface area contributed by atoms with Gasteiger partial charge >= 0.3 is 6.18 Å². The Bertz CT molecular complexity index is 1220. The number of halogens is 4. The highest BCUT2D eigenvalue weighted by Gasteiger charge is 2.42.